The van der Waals surface area contributed by atoms with Crippen molar-refractivity contribution in [1.29, 1.82) is 0 Å². The van der Waals surface area contributed by atoms with Gasteiger partial charge in [0.15, 0.2) is 0 Å². The zero-order chi connectivity index (χ0) is 25.0. The summed E-state index contributed by atoms with van der Waals surface area (Å²) < 4.78 is 47.1. The number of benzene rings is 1. The van der Waals surface area contributed by atoms with Gasteiger partial charge in [-0.3, -0.25) is 9.29 Å². The van der Waals surface area contributed by atoms with Crippen LogP contribution in [0.25, 0.3) is 5.57 Å². The van der Waals surface area contributed by atoms with E-state index in [4.69, 9.17) is 4.74 Å². The second kappa shape index (κ2) is 11.1. The molecule has 0 saturated heterocycles. The van der Waals surface area contributed by atoms with Gasteiger partial charge in [-0.1, -0.05) is 24.3 Å². The topological polar surface area (TPSA) is 70.5 Å². The lowest BCUT2D eigenvalue weighted by Gasteiger charge is -2.43. The molecule has 1 aliphatic heterocycles. The predicted molar refractivity (Wildman–Crippen MR) is 128 cm³/mol. The molecule has 0 bridgehead atoms. The first-order valence-corrected chi connectivity index (χ1v) is 12.1. The van der Waals surface area contributed by atoms with Crippen molar-refractivity contribution >= 4 is 5.57 Å². The number of alkyl halides is 3. The fourth-order valence-corrected chi connectivity index (χ4v) is 5.11. The Kier molecular flexibility index (Phi) is 8.09. The van der Waals surface area contributed by atoms with Gasteiger partial charge >= 0.3 is 0 Å². The van der Waals surface area contributed by atoms with Crippen LogP contribution in [0.2, 0.25) is 0 Å². The van der Waals surface area contributed by atoms with Gasteiger partial charge in [-0.05, 0) is 61.9 Å². The Labute approximate surface area is 204 Å². The van der Waals surface area contributed by atoms with E-state index in [1.807, 2.05) is 26.0 Å². The summed E-state index contributed by atoms with van der Waals surface area (Å²) in [4.78, 5) is 10.6. The molecule has 190 valence electrons. The van der Waals surface area contributed by atoms with Crippen LogP contribution in [0.1, 0.15) is 48.2 Å². The fraction of sp³-hybridized carbons (Fsp3) is 0.538. The monoisotopic (exact) mass is 490 g/mol. The Bertz CT molecular complexity index is 1060. The van der Waals surface area contributed by atoms with Crippen LogP contribution < -0.4 is 10.1 Å². The largest absolute Gasteiger partial charge is 0.476 e. The SMILES string of the molecule is Cc1c(OCCNCCCF)ncnc1[C@@H]1C2=C(C[C@@H](C)N1CC(F)(F)CO)c1ccccc1C2. The highest BCUT2D eigenvalue weighted by Crippen LogP contribution is 2.49. The van der Waals surface area contributed by atoms with Gasteiger partial charge in [0.1, 0.15) is 19.5 Å². The summed E-state index contributed by atoms with van der Waals surface area (Å²) in [6.45, 7) is 3.11. The maximum Gasteiger partial charge on any atom is 0.283 e. The Morgan fingerprint density at radius 1 is 1.23 bits per heavy atom. The third-order valence-corrected chi connectivity index (χ3v) is 6.82. The number of fused-ring (bicyclic) bond motifs is 2. The molecule has 2 heterocycles. The number of halogens is 3. The molecule has 1 aromatic carbocycles. The van der Waals surface area contributed by atoms with E-state index in [1.54, 1.807) is 4.90 Å². The lowest BCUT2D eigenvalue weighted by molar-refractivity contribution is -0.0860. The van der Waals surface area contributed by atoms with E-state index >= 15 is 0 Å². The zero-order valence-corrected chi connectivity index (χ0v) is 20.2. The summed E-state index contributed by atoms with van der Waals surface area (Å²) in [6.07, 6.45) is 3.19. The summed E-state index contributed by atoms with van der Waals surface area (Å²) in [6, 6.07) is 7.52. The maximum atomic E-state index is 14.5. The molecule has 4 rings (SSSR count). The quantitative estimate of drug-likeness (QED) is 0.466. The van der Waals surface area contributed by atoms with E-state index in [1.165, 1.54) is 23.0 Å². The zero-order valence-electron chi connectivity index (χ0n) is 20.2. The molecule has 2 N–H and O–H groups in total. The molecule has 9 heteroatoms. The molecule has 1 aromatic heterocycles. The molecule has 2 atom stereocenters. The summed E-state index contributed by atoms with van der Waals surface area (Å²) in [5.41, 5.74) is 5.97. The van der Waals surface area contributed by atoms with Crippen molar-refractivity contribution < 1.29 is 23.0 Å². The molecule has 0 radical (unpaired) electrons. The molecule has 0 spiro atoms. The number of hydrogen-bond donors (Lipinski definition) is 2. The van der Waals surface area contributed by atoms with E-state index in [2.05, 4.69) is 27.4 Å². The second-order valence-electron chi connectivity index (χ2n) is 9.31. The molecule has 35 heavy (non-hydrogen) atoms. The normalized spacial score (nSPS) is 20.2. The van der Waals surface area contributed by atoms with Crippen LogP contribution in [0.3, 0.4) is 0 Å². The van der Waals surface area contributed by atoms with Gasteiger partial charge in [-0.2, -0.15) is 0 Å². The molecular weight excluding hydrogens is 457 g/mol. The van der Waals surface area contributed by atoms with E-state index in [-0.39, 0.29) is 12.7 Å². The van der Waals surface area contributed by atoms with Crippen molar-refractivity contribution in [1.82, 2.24) is 20.2 Å². The number of aliphatic hydroxyl groups is 1. The number of aliphatic hydroxyl groups excluding tert-OH is 1. The Balaban J connectivity index is 1.67. The fourth-order valence-electron chi connectivity index (χ4n) is 5.11. The molecular formula is C26H33F3N4O2. The number of ether oxygens (including phenoxy) is 1. The van der Waals surface area contributed by atoms with Crippen LogP contribution in [-0.4, -0.2) is 71.5 Å². The highest BCUT2D eigenvalue weighted by molar-refractivity contribution is 5.79. The van der Waals surface area contributed by atoms with Crippen LogP contribution in [0, 0.1) is 6.92 Å². The number of aromatic nitrogens is 2. The smallest absolute Gasteiger partial charge is 0.283 e. The third kappa shape index (κ3) is 5.52. The molecule has 0 unspecified atom stereocenters. The van der Waals surface area contributed by atoms with Crippen molar-refractivity contribution in [3.05, 3.63) is 58.6 Å². The first-order chi connectivity index (χ1) is 16.9. The van der Waals surface area contributed by atoms with Gasteiger partial charge in [0.05, 0.1) is 25.0 Å². The summed E-state index contributed by atoms with van der Waals surface area (Å²) in [5.74, 6) is -2.83. The summed E-state index contributed by atoms with van der Waals surface area (Å²) in [5, 5.41) is 12.4. The Hall–Kier alpha value is -2.49. The molecule has 1 aliphatic carbocycles. The first-order valence-electron chi connectivity index (χ1n) is 12.1. The van der Waals surface area contributed by atoms with Crippen LogP contribution in [-0.2, 0) is 6.42 Å². The van der Waals surface area contributed by atoms with Gasteiger partial charge in [-0.15, -0.1) is 0 Å². The Morgan fingerprint density at radius 2 is 2.03 bits per heavy atom. The maximum absolute atomic E-state index is 14.5. The van der Waals surface area contributed by atoms with Crippen molar-refractivity contribution in [2.45, 2.75) is 51.1 Å². The van der Waals surface area contributed by atoms with Gasteiger partial charge < -0.3 is 15.2 Å². The molecule has 2 aliphatic rings. The van der Waals surface area contributed by atoms with Crippen molar-refractivity contribution in [2.75, 3.05) is 39.5 Å². The second-order valence-corrected chi connectivity index (χ2v) is 9.31. The van der Waals surface area contributed by atoms with Crippen LogP contribution in [0.5, 0.6) is 5.88 Å². The van der Waals surface area contributed by atoms with Gasteiger partial charge in [0.2, 0.25) is 5.88 Å². The van der Waals surface area contributed by atoms with Crippen LogP contribution >= 0.6 is 0 Å². The lowest BCUT2D eigenvalue weighted by Crippen LogP contribution is -2.48. The van der Waals surface area contributed by atoms with Gasteiger partial charge in [-0.25, -0.2) is 18.7 Å². The predicted octanol–water partition coefficient (Wildman–Crippen LogP) is 3.89. The average Bonchev–Trinajstić information content (AvgIpc) is 3.21. The third-order valence-electron chi connectivity index (χ3n) is 6.82. The van der Waals surface area contributed by atoms with Crippen LogP contribution in [0.15, 0.2) is 36.2 Å². The number of nitrogens with zero attached hydrogens (tertiary/aromatic N) is 3. The lowest BCUT2D eigenvalue weighted by atomic mass is 9.85. The van der Waals surface area contributed by atoms with Crippen LogP contribution in [0.4, 0.5) is 13.2 Å². The highest BCUT2D eigenvalue weighted by atomic mass is 19.3. The molecule has 0 fully saturated rings. The molecule has 0 amide bonds. The summed E-state index contributed by atoms with van der Waals surface area (Å²) >= 11 is 0. The number of nitrogens with one attached hydrogen (secondary N) is 1. The highest BCUT2D eigenvalue weighted by Gasteiger charge is 2.44. The number of rotatable bonds is 11. The first kappa shape index (κ1) is 25.6. The molecule has 6 nitrogen and oxygen atoms in total. The van der Waals surface area contributed by atoms with Crippen molar-refractivity contribution in [3.8, 4) is 5.88 Å². The minimum Gasteiger partial charge on any atom is -0.476 e. The van der Waals surface area contributed by atoms with Gasteiger partial charge in [0, 0.05) is 18.2 Å². The van der Waals surface area contributed by atoms with E-state index in [0.29, 0.717) is 56.1 Å². The molecule has 2 aromatic rings. The van der Waals surface area contributed by atoms with E-state index in [0.717, 1.165) is 5.57 Å². The van der Waals surface area contributed by atoms with Crippen molar-refractivity contribution in [2.24, 2.45) is 0 Å². The average molecular weight is 491 g/mol. The van der Waals surface area contributed by atoms with E-state index < -0.39 is 25.1 Å². The molecule has 0 saturated carbocycles. The Morgan fingerprint density at radius 3 is 2.80 bits per heavy atom. The van der Waals surface area contributed by atoms with Gasteiger partial charge in [0.25, 0.3) is 5.92 Å². The standard InChI is InChI=1S/C26H33F3N4O2/c1-17-12-21-20-7-4-3-6-19(20)13-22(21)24(33(17)14-26(28,29)15-34)23-18(2)25(32-16-31-23)35-11-10-30-9-5-8-27/h3-4,6-7,16-17,24,30,34H,5,8-15H2,1-2H3/t17-,24+/m1/s1. The summed E-state index contributed by atoms with van der Waals surface area (Å²) in [7, 11) is 0. The van der Waals surface area contributed by atoms with Crippen molar-refractivity contribution in [3.63, 3.8) is 0 Å². The number of hydrogen-bond acceptors (Lipinski definition) is 6. The minimum absolute atomic E-state index is 0.180. The van der Waals surface area contributed by atoms with E-state index in [9.17, 15) is 18.3 Å². The minimum atomic E-state index is -3.23.